The first-order valence-corrected chi connectivity index (χ1v) is 5.55. The van der Waals surface area contributed by atoms with Crippen LogP contribution in [0.3, 0.4) is 0 Å². The number of hydrogen-bond acceptors (Lipinski definition) is 2. The Balaban J connectivity index is 2.47. The van der Waals surface area contributed by atoms with Crippen molar-refractivity contribution < 1.29 is 0 Å². The van der Waals surface area contributed by atoms with Gasteiger partial charge >= 0.3 is 0 Å². The van der Waals surface area contributed by atoms with Crippen molar-refractivity contribution in [1.82, 2.24) is 10.4 Å². The molecule has 0 saturated heterocycles. The van der Waals surface area contributed by atoms with E-state index in [1.807, 2.05) is 19.1 Å². The topological polar surface area (TPSA) is 15.3 Å². The smallest absolute Gasteiger partial charge is 0.0227 e. The third-order valence-electron chi connectivity index (χ3n) is 1.93. The molecule has 1 N–H and O–H groups in total. The van der Waals surface area contributed by atoms with Crippen molar-refractivity contribution in [3.8, 4) is 0 Å². The predicted octanol–water partition coefficient (Wildman–Crippen LogP) is 2.45. The van der Waals surface area contributed by atoms with Gasteiger partial charge in [-0.1, -0.05) is 28.1 Å². The van der Waals surface area contributed by atoms with Crippen molar-refractivity contribution in [1.29, 1.82) is 0 Å². The quantitative estimate of drug-likeness (QED) is 0.833. The first-order valence-electron chi connectivity index (χ1n) is 4.76. The standard InChI is InChI=1S/C11H17BrN2/c1-9(13-14(2)3)8-10-4-6-11(12)7-5-10/h4-7,9,13H,8H2,1-3H3. The Morgan fingerprint density at radius 2 is 1.86 bits per heavy atom. The summed E-state index contributed by atoms with van der Waals surface area (Å²) in [6.45, 7) is 2.18. The fourth-order valence-corrected chi connectivity index (χ4v) is 1.72. The van der Waals surface area contributed by atoms with E-state index in [0.717, 1.165) is 10.9 Å². The van der Waals surface area contributed by atoms with Crippen LogP contribution in [0.25, 0.3) is 0 Å². The zero-order chi connectivity index (χ0) is 10.6. The molecule has 3 heteroatoms. The number of hydrogen-bond donors (Lipinski definition) is 1. The van der Waals surface area contributed by atoms with Crippen LogP contribution in [0, 0.1) is 0 Å². The van der Waals surface area contributed by atoms with Crippen LogP contribution in [0.2, 0.25) is 0 Å². The van der Waals surface area contributed by atoms with Crippen molar-refractivity contribution in [3.05, 3.63) is 34.3 Å². The molecule has 0 heterocycles. The molecule has 0 fully saturated rings. The van der Waals surface area contributed by atoms with Gasteiger partial charge < -0.3 is 0 Å². The van der Waals surface area contributed by atoms with E-state index in [-0.39, 0.29) is 0 Å². The maximum Gasteiger partial charge on any atom is 0.0227 e. The van der Waals surface area contributed by atoms with Crippen LogP contribution < -0.4 is 5.43 Å². The van der Waals surface area contributed by atoms with E-state index >= 15 is 0 Å². The maximum absolute atomic E-state index is 3.43. The molecule has 0 radical (unpaired) electrons. The Hall–Kier alpha value is -0.380. The summed E-state index contributed by atoms with van der Waals surface area (Å²) in [6.07, 6.45) is 1.05. The molecule has 0 aliphatic rings. The van der Waals surface area contributed by atoms with Gasteiger partial charge in [0.15, 0.2) is 0 Å². The number of halogens is 1. The lowest BCUT2D eigenvalue weighted by atomic mass is 10.1. The number of hydrazine groups is 1. The van der Waals surface area contributed by atoms with Crippen molar-refractivity contribution >= 4 is 15.9 Å². The Morgan fingerprint density at radius 3 is 2.36 bits per heavy atom. The molecule has 1 rings (SSSR count). The van der Waals surface area contributed by atoms with Gasteiger partial charge in [-0.2, -0.15) is 0 Å². The van der Waals surface area contributed by atoms with E-state index < -0.39 is 0 Å². The van der Waals surface area contributed by atoms with Gasteiger partial charge in [-0.05, 0) is 31.0 Å². The zero-order valence-electron chi connectivity index (χ0n) is 8.92. The van der Waals surface area contributed by atoms with E-state index in [9.17, 15) is 0 Å². The van der Waals surface area contributed by atoms with Crippen LogP contribution in [0.4, 0.5) is 0 Å². The first kappa shape index (κ1) is 11.7. The minimum Gasteiger partial charge on any atom is -0.253 e. The first-order chi connectivity index (χ1) is 6.58. The second-order valence-corrected chi connectivity index (χ2v) is 4.67. The summed E-state index contributed by atoms with van der Waals surface area (Å²) in [7, 11) is 4.02. The maximum atomic E-state index is 3.43. The van der Waals surface area contributed by atoms with Crippen LogP contribution in [-0.4, -0.2) is 25.1 Å². The number of nitrogens with one attached hydrogen (secondary N) is 1. The van der Waals surface area contributed by atoms with E-state index in [1.165, 1.54) is 5.56 Å². The Kier molecular flexibility index (Phi) is 4.58. The van der Waals surface area contributed by atoms with Gasteiger partial charge in [-0.15, -0.1) is 0 Å². The summed E-state index contributed by atoms with van der Waals surface area (Å²) in [6, 6.07) is 8.93. The molecule has 78 valence electrons. The summed E-state index contributed by atoms with van der Waals surface area (Å²) in [4.78, 5) is 0. The van der Waals surface area contributed by atoms with Gasteiger partial charge in [0.25, 0.3) is 0 Å². The number of nitrogens with zero attached hydrogens (tertiary/aromatic N) is 1. The molecule has 1 aromatic rings. The van der Waals surface area contributed by atoms with Gasteiger partial charge in [0.1, 0.15) is 0 Å². The molecule has 1 aromatic carbocycles. The fraction of sp³-hybridized carbons (Fsp3) is 0.455. The molecule has 14 heavy (non-hydrogen) atoms. The second-order valence-electron chi connectivity index (χ2n) is 3.76. The molecule has 1 atom stereocenters. The van der Waals surface area contributed by atoms with Crippen molar-refractivity contribution in [2.24, 2.45) is 0 Å². The van der Waals surface area contributed by atoms with E-state index in [1.54, 1.807) is 0 Å². The highest BCUT2D eigenvalue weighted by Crippen LogP contribution is 2.11. The molecule has 0 amide bonds. The van der Waals surface area contributed by atoms with E-state index in [4.69, 9.17) is 0 Å². The summed E-state index contributed by atoms with van der Waals surface area (Å²) < 4.78 is 1.13. The molecule has 0 aliphatic carbocycles. The SMILES string of the molecule is CC(Cc1ccc(Br)cc1)NN(C)C. The second kappa shape index (κ2) is 5.49. The highest BCUT2D eigenvalue weighted by atomic mass is 79.9. The van der Waals surface area contributed by atoms with Gasteiger partial charge in [0.2, 0.25) is 0 Å². The molecule has 0 aromatic heterocycles. The Labute approximate surface area is 94.4 Å². The third kappa shape index (κ3) is 4.22. The van der Waals surface area contributed by atoms with Gasteiger partial charge in [-0.3, -0.25) is 10.4 Å². The average molecular weight is 257 g/mol. The van der Waals surface area contributed by atoms with Crippen molar-refractivity contribution in [2.45, 2.75) is 19.4 Å². The summed E-state index contributed by atoms with van der Waals surface area (Å²) in [5, 5.41) is 1.99. The van der Waals surface area contributed by atoms with Gasteiger partial charge in [-0.25, -0.2) is 0 Å². The minimum absolute atomic E-state index is 0.464. The van der Waals surface area contributed by atoms with Crippen molar-refractivity contribution in [3.63, 3.8) is 0 Å². The van der Waals surface area contributed by atoms with Crippen molar-refractivity contribution in [2.75, 3.05) is 14.1 Å². The molecule has 1 unspecified atom stereocenters. The monoisotopic (exact) mass is 256 g/mol. The minimum atomic E-state index is 0.464. The largest absolute Gasteiger partial charge is 0.253 e. The molecule has 0 saturated carbocycles. The zero-order valence-corrected chi connectivity index (χ0v) is 10.5. The normalized spacial score (nSPS) is 13.2. The lowest BCUT2D eigenvalue weighted by Crippen LogP contribution is -2.39. The molecule has 0 spiro atoms. The number of rotatable bonds is 4. The van der Waals surface area contributed by atoms with Crippen LogP contribution in [0.1, 0.15) is 12.5 Å². The predicted molar refractivity (Wildman–Crippen MR) is 64.1 cm³/mol. The Morgan fingerprint density at radius 1 is 1.29 bits per heavy atom. The van der Waals surface area contributed by atoms with Crippen LogP contribution in [0.15, 0.2) is 28.7 Å². The van der Waals surface area contributed by atoms with E-state index in [2.05, 4.69) is 52.5 Å². The lowest BCUT2D eigenvalue weighted by molar-refractivity contribution is 0.249. The molecule has 2 nitrogen and oxygen atoms in total. The molecule has 0 bridgehead atoms. The Bertz CT molecular complexity index is 269. The molecular formula is C11H17BrN2. The highest BCUT2D eigenvalue weighted by molar-refractivity contribution is 9.10. The summed E-state index contributed by atoms with van der Waals surface area (Å²) >= 11 is 3.43. The summed E-state index contributed by atoms with van der Waals surface area (Å²) in [5.41, 5.74) is 4.68. The fourth-order valence-electron chi connectivity index (χ4n) is 1.46. The van der Waals surface area contributed by atoms with Gasteiger partial charge in [0.05, 0.1) is 0 Å². The van der Waals surface area contributed by atoms with Crippen LogP contribution in [-0.2, 0) is 6.42 Å². The third-order valence-corrected chi connectivity index (χ3v) is 2.46. The average Bonchev–Trinajstić information content (AvgIpc) is 2.07. The molecule has 0 aliphatic heterocycles. The molecular weight excluding hydrogens is 240 g/mol. The highest BCUT2D eigenvalue weighted by Gasteiger charge is 2.03. The number of benzene rings is 1. The van der Waals surface area contributed by atoms with Crippen LogP contribution in [0.5, 0.6) is 0 Å². The van der Waals surface area contributed by atoms with Gasteiger partial charge in [0, 0.05) is 24.6 Å². The lowest BCUT2D eigenvalue weighted by Gasteiger charge is -2.19. The summed E-state index contributed by atoms with van der Waals surface area (Å²) in [5.74, 6) is 0. The van der Waals surface area contributed by atoms with E-state index in [0.29, 0.717) is 6.04 Å². The van der Waals surface area contributed by atoms with Crippen LogP contribution >= 0.6 is 15.9 Å².